The maximum atomic E-state index is 13.3. The van der Waals surface area contributed by atoms with Crippen molar-refractivity contribution < 1.29 is 14.3 Å². The Morgan fingerprint density at radius 2 is 1.65 bits per heavy atom. The van der Waals surface area contributed by atoms with Gasteiger partial charge in [0.2, 0.25) is 0 Å². The first-order chi connectivity index (χ1) is 15.2. The van der Waals surface area contributed by atoms with Crippen LogP contribution in [0, 0.1) is 0 Å². The number of methoxy groups -OCH3 is 1. The lowest BCUT2D eigenvalue weighted by atomic mass is 10.1. The fourth-order valence-electron chi connectivity index (χ4n) is 3.79. The second kappa shape index (κ2) is 9.34. The average molecular weight is 415 g/mol. The molecular formula is C25H25N3O3. The van der Waals surface area contributed by atoms with Gasteiger partial charge in [-0.25, -0.2) is 4.79 Å². The Kier molecular flexibility index (Phi) is 6.17. The summed E-state index contributed by atoms with van der Waals surface area (Å²) in [5.41, 5.74) is 2.81. The van der Waals surface area contributed by atoms with E-state index in [-0.39, 0.29) is 11.9 Å². The average Bonchev–Trinajstić information content (AvgIpc) is 2.81. The predicted molar refractivity (Wildman–Crippen MR) is 122 cm³/mol. The van der Waals surface area contributed by atoms with E-state index in [0.29, 0.717) is 42.3 Å². The summed E-state index contributed by atoms with van der Waals surface area (Å²) >= 11 is 0. The fraction of sp³-hybridized carbons (Fsp3) is 0.200. The van der Waals surface area contributed by atoms with Crippen molar-refractivity contribution in [3.8, 4) is 5.75 Å². The number of carbonyl (C=O) groups excluding carboxylic acids is 2. The molecule has 1 saturated heterocycles. The quantitative estimate of drug-likeness (QED) is 0.630. The van der Waals surface area contributed by atoms with Crippen LogP contribution in [0.1, 0.15) is 22.3 Å². The molecule has 0 atom stereocenters. The first kappa shape index (κ1) is 20.5. The summed E-state index contributed by atoms with van der Waals surface area (Å²) in [6.45, 7) is 1.87. The van der Waals surface area contributed by atoms with Gasteiger partial charge in [-0.05, 0) is 36.2 Å². The largest absolute Gasteiger partial charge is 0.496 e. The summed E-state index contributed by atoms with van der Waals surface area (Å²) in [5.74, 6) is 0.219. The normalized spacial score (nSPS) is 13.8. The maximum Gasteiger partial charge on any atom is 0.324 e. The van der Waals surface area contributed by atoms with Crippen LogP contribution in [0.3, 0.4) is 0 Å². The molecule has 1 fully saturated rings. The second-order valence-corrected chi connectivity index (χ2v) is 7.37. The number of urea groups is 1. The van der Waals surface area contributed by atoms with Gasteiger partial charge in [0.05, 0.1) is 24.0 Å². The molecule has 0 spiro atoms. The van der Waals surface area contributed by atoms with Crippen molar-refractivity contribution in [3.63, 3.8) is 0 Å². The van der Waals surface area contributed by atoms with Crippen LogP contribution in [-0.2, 0) is 6.54 Å². The fourth-order valence-corrected chi connectivity index (χ4v) is 3.79. The molecule has 0 aromatic heterocycles. The van der Waals surface area contributed by atoms with E-state index in [2.05, 4.69) is 5.32 Å². The monoisotopic (exact) mass is 415 g/mol. The third kappa shape index (κ3) is 4.53. The number of nitrogens with zero attached hydrogens (tertiary/aromatic N) is 2. The highest BCUT2D eigenvalue weighted by Gasteiger charge is 2.28. The van der Waals surface area contributed by atoms with Crippen molar-refractivity contribution in [1.29, 1.82) is 0 Å². The van der Waals surface area contributed by atoms with Gasteiger partial charge in [0.1, 0.15) is 5.75 Å². The lowest BCUT2D eigenvalue weighted by Gasteiger charge is -2.36. The molecule has 3 aromatic rings. The molecule has 1 heterocycles. The van der Waals surface area contributed by atoms with Crippen LogP contribution in [0.2, 0.25) is 0 Å². The summed E-state index contributed by atoms with van der Waals surface area (Å²) in [4.78, 5) is 29.8. The molecule has 31 heavy (non-hydrogen) atoms. The van der Waals surface area contributed by atoms with Crippen molar-refractivity contribution >= 4 is 23.3 Å². The van der Waals surface area contributed by atoms with Crippen LogP contribution < -0.4 is 15.0 Å². The summed E-state index contributed by atoms with van der Waals surface area (Å²) in [6, 6.07) is 24.4. The van der Waals surface area contributed by atoms with E-state index in [1.165, 1.54) is 7.11 Å². The number of ether oxygens (including phenoxy) is 1. The first-order valence-corrected chi connectivity index (χ1v) is 10.3. The zero-order valence-electron chi connectivity index (χ0n) is 17.5. The zero-order valence-corrected chi connectivity index (χ0v) is 17.5. The molecule has 3 aromatic carbocycles. The van der Waals surface area contributed by atoms with Gasteiger partial charge in [0.25, 0.3) is 5.91 Å². The Balaban J connectivity index is 1.56. The van der Waals surface area contributed by atoms with Crippen LogP contribution in [0.25, 0.3) is 0 Å². The van der Waals surface area contributed by atoms with Gasteiger partial charge >= 0.3 is 6.03 Å². The van der Waals surface area contributed by atoms with Crippen LogP contribution in [0.15, 0.2) is 78.9 Å². The number of rotatable bonds is 6. The molecule has 6 nitrogen and oxygen atoms in total. The molecule has 0 unspecified atom stereocenters. The Bertz CT molecular complexity index is 1070. The van der Waals surface area contributed by atoms with Gasteiger partial charge in [0.15, 0.2) is 0 Å². The highest BCUT2D eigenvalue weighted by molar-refractivity contribution is 6.09. The molecule has 1 aliphatic heterocycles. The van der Waals surface area contributed by atoms with Gasteiger partial charge < -0.3 is 15.0 Å². The molecule has 6 heteroatoms. The molecule has 4 rings (SSSR count). The number of amides is 3. The Hall–Kier alpha value is -3.80. The second-order valence-electron chi connectivity index (χ2n) is 7.37. The minimum atomic E-state index is -0.282. The van der Waals surface area contributed by atoms with Crippen LogP contribution in [-0.4, -0.2) is 37.0 Å². The van der Waals surface area contributed by atoms with Crippen molar-refractivity contribution in [2.75, 3.05) is 30.4 Å². The molecule has 0 bridgehead atoms. The summed E-state index contributed by atoms with van der Waals surface area (Å²) in [5, 5.41) is 2.95. The Morgan fingerprint density at radius 1 is 0.935 bits per heavy atom. The minimum absolute atomic E-state index is 0.0610. The smallest absolute Gasteiger partial charge is 0.324 e. The van der Waals surface area contributed by atoms with Gasteiger partial charge in [-0.2, -0.15) is 0 Å². The number of para-hydroxylation sites is 3. The van der Waals surface area contributed by atoms with E-state index >= 15 is 0 Å². The number of nitrogens with one attached hydrogen (secondary N) is 1. The predicted octanol–water partition coefficient (Wildman–Crippen LogP) is 4.78. The van der Waals surface area contributed by atoms with E-state index in [1.54, 1.807) is 23.1 Å². The lowest BCUT2D eigenvalue weighted by Crippen LogP contribution is -2.49. The first-order valence-electron chi connectivity index (χ1n) is 10.3. The minimum Gasteiger partial charge on any atom is -0.496 e. The Labute approximate surface area is 182 Å². The number of benzene rings is 3. The third-order valence-corrected chi connectivity index (χ3v) is 5.32. The molecule has 1 aliphatic rings. The number of anilines is 2. The number of hydrogen-bond acceptors (Lipinski definition) is 3. The van der Waals surface area contributed by atoms with Gasteiger partial charge in [-0.3, -0.25) is 9.69 Å². The van der Waals surface area contributed by atoms with Crippen LogP contribution >= 0.6 is 0 Å². The van der Waals surface area contributed by atoms with Crippen molar-refractivity contribution in [2.24, 2.45) is 0 Å². The number of hydrogen-bond donors (Lipinski definition) is 1. The Morgan fingerprint density at radius 3 is 2.45 bits per heavy atom. The van der Waals surface area contributed by atoms with Gasteiger partial charge in [0, 0.05) is 19.6 Å². The van der Waals surface area contributed by atoms with Crippen LogP contribution in [0.5, 0.6) is 5.75 Å². The molecule has 0 radical (unpaired) electrons. The standard InChI is InChI=1S/C25H25N3O3/c1-31-23-15-8-5-12-20(23)24(29)26-21-13-6-7-14-22(21)28-17-9-16-27(25(28)30)18-19-10-3-2-4-11-19/h2-8,10-15H,9,16-18H2,1H3,(H,26,29). The van der Waals surface area contributed by atoms with E-state index < -0.39 is 0 Å². The highest BCUT2D eigenvalue weighted by atomic mass is 16.5. The van der Waals surface area contributed by atoms with E-state index in [0.717, 1.165) is 12.0 Å². The van der Waals surface area contributed by atoms with Crippen molar-refractivity contribution in [3.05, 3.63) is 90.0 Å². The molecule has 3 amide bonds. The molecule has 1 N–H and O–H groups in total. The molecule has 0 saturated carbocycles. The van der Waals surface area contributed by atoms with E-state index in [1.807, 2.05) is 65.6 Å². The molecule has 158 valence electrons. The van der Waals surface area contributed by atoms with Gasteiger partial charge in [-0.1, -0.05) is 54.6 Å². The highest BCUT2D eigenvalue weighted by Crippen LogP contribution is 2.30. The van der Waals surface area contributed by atoms with E-state index in [4.69, 9.17) is 4.74 Å². The third-order valence-electron chi connectivity index (χ3n) is 5.32. The van der Waals surface area contributed by atoms with Crippen molar-refractivity contribution in [1.82, 2.24) is 4.90 Å². The SMILES string of the molecule is COc1ccccc1C(=O)Nc1ccccc1N1CCCN(Cc2ccccc2)C1=O. The maximum absolute atomic E-state index is 13.3. The van der Waals surface area contributed by atoms with Crippen LogP contribution in [0.4, 0.5) is 16.2 Å². The summed E-state index contributed by atoms with van der Waals surface area (Å²) in [6.07, 6.45) is 0.855. The van der Waals surface area contributed by atoms with Crippen molar-refractivity contribution in [2.45, 2.75) is 13.0 Å². The lowest BCUT2D eigenvalue weighted by molar-refractivity contribution is 0.102. The summed E-state index contributed by atoms with van der Waals surface area (Å²) in [7, 11) is 1.54. The van der Waals surface area contributed by atoms with E-state index in [9.17, 15) is 9.59 Å². The molecular weight excluding hydrogens is 390 g/mol. The van der Waals surface area contributed by atoms with Gasteiger partial charge in [-0.15, -0.1) is 0 Å². The number of carbonyl (C=O) groups is 2. The topological polar surface area (TPSA) is 61.9 Å². The zero-order chi connectivity index (χ0) is 21.6. The summed E-state index contributed by atoms with van der Waals surface area (Å²) < 4.78 is 5.31. The molecule has 0 aliphatic carbocycles.